The summed E-state index contributed by atoms with van der Waals surface area (Å²) in [5.41, 5.74) is 2.44. The molecule has 3 rings (SSSR count). The Balaban J connectivity index is 1.79. The number of Topliss-reactive ketones (excluding diaryl/α,β-unsaturated/α-hetero) is 1. The number of amides is 1. The maximum absolute atomic E-state index is 12.2. The lowest BCUT2D eigenvalue weighted by molar-refractivity contribution is -0.123. The molecule has 2 aromatic rings. The molecule has 0 unspecified atom stereocenters. The van der Waals surface area contributed by atoms with E-state index < -0.39 is 5.91 Å². The number of nitrogens with two attached hydrogens (primary N) is 1. The van der Waals surface area contributed by atoms with Gasteiger partial charge in [0.1, 0.15) is 11.5 Å². The number of benzene rings is 1. The predicted octanol–water partition coefficient (Wildman–Crippen LogP) is 1.73. The van der Waals surface area contributed by atoms with E-state index >= 15 is 0 Å². The van der Waals surface area contributed by atoms with Crippen molar-refractivity contribution in [3.05, 3.63) is 51.9 Å². The van der Waals surface area contributed by atoms with E-state index in [-0.39, 0.29) is 18.1 Å². The largest absolute Gasteiger partial charge is 0.484 e. The van der Waals surface area contributed by atoms with Crippen LogP contribution in [-0.2, 0) is 4.79 Å². The van der Waals surface area contributed by atoms with Crippen LogP contribution in [0.2, 0.25) is 0 Å². The average Bonchev–Trinajstić information content (AvgIpc) is 3.14. The number of hydrogen-bond donors (Lipinski definition) is 2. The topological polar surface area (TPSA) is 90.7 Å². The second-order valence-electron chi connectivity index (χ2n) is 4.47. The van der Waals surface area contributed by atoms with Gasteiger partial charge in [-0.25, -0.2) is 5.84 Å². The Kier molecular flexibility index (Phi) is 3.90. The lowest BCUT2D eigenvalue weighted by Gasteiger charge is -2.05. The number of carbonyl (C=O) groups is 2. The van der Waals surface area contributed by atoms with Gasteiger partial charge in [-0.15, -0.1) is 11.3 Å². The molecule has 1 aliphatic rings. The number of ether oxygens (including phenoxy) is 2. The molecule has 1 aliphatic heterocycles. The number of allylic oxidation sites excluding steroid dienone is 1. The summed E-state index contributed by atoms with van der Waals surface area (Å²) in [5, 5.41) is 1.92. The third-order valence-corrected chi connectivity index (χ3v) is 3.81. The standard InChI is InChI=1S/C15H12N2O4S/c16-17-14(18)8-20-9-3-4-11-12(6-9)21-13(15(11)19)7-10-2-1-5-22-10/h1-7H,8,16H2,(H,17,18). The van der Waals surface area contributed by atoms with E-state index in [0.717, 1.165) is 4.88 Å². The summed E-state index contributed by atoms with van der Waals surface area (Å²) >= 11 is 1.52. The normalized spacial score (nSPS) is 14.6. The zero-order valence-corrected chi connectivity index (χ0v) is 12.2. The van der Waals surface area contributed by atoms with E-state index in [0.29, 0.717) is 17.1 Å². The van der Waals surface area contributed by atoms with E-state index in [2.05, 4.69) is 0 Å². The van der Waals surface area contributed by atoms with Crippen molar-refractivity contribution in [2.24, 2.45) is 5.84 Å². The summed E-state index contributed by atoms with van der Waals surface area (Å²) < 4.78 is 10.8. The molecule has 0 atom stereocenters. The van der Waals surface area contributed by atoms with Crippen LogP contribution in [0.5, 0.6) is 11.5 Å². The third-order valence-electron chi connectivity index (χ3n) is 2.99. The van der Waals surface area contributed by atoms with Crippen molar-refractivity contribution in [2.75, 3.05) is 6.61 Å². The van der Waals surface area contributed by atoms with Crippen LogP contribution < -0.4 is 20.7 Å². The van der Waals surface area contributed by atoms with Crippen molar-refractivity contribution in [3.8, 4) is 11.5 Å². The van der Waals surface area contributed by atoms with E-state index in [9.17, 15) is 9.59 Å². The molecule has 0 saturated heterocycles. The summed E-state index contributed by atoms with van der Waals surface area (Å²) in [6.07, 6.45) is 1.70. The molecule has 2 heterocycles. The molecule has 3 N–H and O–H groups in total. The van der Waals surface area contributed by atoms with Gasteiger partial charge in [0.25, 0.3) is 5.91 Å². The molecular formula is C15H12N2O4S. The number of fused-ring (bicyclic) bond motifs is 1. The first-order valence-corrected chi connectivity index (χ1v) is 7.29. The second kappa shape index (κ2) is 6.00. The number of ketones is 1. The number of hydrazine groups is 1. The van der Waals surface area contributed by atoms with Crippen molar-refractivity contribution >= 4 is 29.1 Å². The molecule has 0 aliphatic carbocycles. The average molecular weight is 316 g/mol. The molecule has 0 fully saturated rings. The maximum Gasteiger partial charge on any atom is 0.271 e. The minimum atomic E-state index is -0.448. The summed E-state index contributed by atoms with van der Waals surface area (Å²) in [7, 11) is 0. The number of hydrogen-bond acceptors (Lipinski definition) is 6. The van der Waals surface area contributed by atoms with Crippen molar-refractivity contribution in [1.82, 2.24) is 5.43 Å². The Morgan fingerprint density at radius 1 is 1.41 bits per heavy atom. The zero-order chi connectivity index (χ0) is 15.5. The molecule has 0 radical (unpaired) electrons. The monoisotopic (exact) mass is 316 g/mol. The highest BCUT2D eigenvalue weighted by Gasteiger charge is 2.27. The van der Waals surface area contributed by atoms with Crippen molar-refractivity contribution in [2.45, 2.75) is 0 Å². The SMILES string of the molecule is NNC(=O)COc1ccc2c(c1)OC(=Cc1cccs1)C2=O. The van der Waals surface area contributed by atoms with Gasteiger partial charge in [0.05, 0.1) is 5.56 Å². The van der Waals surface area contributed by atoms with Gasteiger partial charge >= 0.3 is 0 Å². The van der Waals surface area contributed by atoms with E-state index in [1.807, 2.05) is 22.9 Å². The molecule has 1 aromatic heterocycles. The number of thiophene rings is 1. The summed E-state index contributed by atoms with van der Waals surface area (Å²) in [5.74, 6) is 5.46. The van der Waals surface area contributed by atoms with Crippen LogP contribution in [-0.4, -0.2) is 18.3 Å². The van der Waals surface area contributed by atoms with Gasteiger partial charge in [0.15, 0.2) is 12.4 Å². The molecular weight excluding hydrogens is 304 g/mol. The Hall–Kier alpha value is -2.64. The first kappa shape index (κ1) is 14.3. The summed E-state index contributed by atoms with van der Waals surface area (Å²) in [6, 6.07) is 8.60. The molecule has 0 spiro atoms. The fourth-order valence-corrected chi connectivity index (χ4v) is 2.60. The smallest absolute Gasteiger partial charge is 0.271 e. The zero-order valence-electron chi connectivity index (χ0n) is 11.4. The third kappa shape index (κ3) is 2.85. The van der Waals surface area contributed by atoms with E-state index in [4.69, 9.17) is 15.3 Å². The van der Waals surface area contributed by atoms with Gasteiger partial charge in [-0.2, -0.15) is 0 Å². The fraction of sp³-hybridized carbons (Fsp3) is 0.0667. The van der Waals surface area contributed by atoms with Crippen LogP contribution in [0.1, 0.15) is 15.2 Å². The number of carbonyl (C=O) groups excluding carboxylic acids is 2. The molecule has 1 aromatic carbocycles. The van der Waals surface area contributed by atoms with Gasteiger partial charge in [-0.1, -0.05) is 6.07 Å². The highest BCUT2D eigenvalue weighted by atomic mass is 32.1. The highest BCUT2D eigenvalue weighted by molar-refractivity contribution is 7.10. The lowest BCUT2D eigenvalue weighted by atomic mass is 10.1. The van der Waals surface area contributed by atoms with Gasteiger partial charge in [-0.05, 0) is 23.6 Å². The number of rotatable bonds is 4. The van der Waals surface area contributed by atoms with Crippen LogP contribution >= 0.6 is 11.3 Å². The van der Waals surface area contributed by atoms with Gasteiger partial charge in [0.2, 0.25) is 5.78 Å². The van der Waals surface area contributed by atoms with Crippen molar-refractivity contribution < 1.29 is 19.1 Å². The fourth-order valence-electron chi connectivity index (χ4n) is 1.95. The van der Waals surface area contributed by atoms with Crippen molar-refractivity contribution in [3.63, 3.8) is 0 Å². The van der Waals surface area contributed by atoms with Crippen LogP contribution in [0.3, 0.4) is 0 Å². The molecule has 112 valence electrons. The Labute approximate surface area is 130 Å². The van der Waals surface area contributed by atoms with Crippen LogP contribution in [0, 0.1) is 0 Å². The molecule has 0 saturated carbocycles. The van der Waals surface area contributed by atoms with E-state index in [1.54, 1.807) is 24.3 Å². The Bertz CT molecular complexity index is 753. The quantitative estimate of drug-likeness (QED) is 0.388. The Morgan fingerprint density at radius 3 is 3.00 bits per heavy atom. The van der Waals surface area contributed by atoms with Gasteiger partial charge in [-0.3, -0.25) is 15.0 Å². The van der Waals surface area contributed by atoms with Crippen LogP contribution in [0.25, 0.3) is 6.08 Å². The van der Waals surface area contributed by atoms with Crippen LogP contribution in [0.4, 0.5) is 0 Å². The van der Waals surface area contributed by atoms with Crippen LogP contribution in [0.15, 0.2) is 41.5 Å². The van der Waals surface area contributed by atoms with Gasteiger partial charge in [0, 0.05) is 17.0 Å². The highest BCUT2D eigenvalue weighted by Crippen LogP contribution is 2.35. The van der Waals surface area contributed by atoms with Crippen molar-refractivity contribution in [1.29, 1.82) is 0 Å². The molecule has 0 bridgehead atoms. The van der Waals surface area contributed by atoms with Gasteiger partial charge < -0.3 is 9.47 Å². The number of nitrogens with one attached hydrogen (secondary N) is 1. The Morgan fingerprint density at radius 2 is 2.27 bits per heavy atom. The minimum absolute atomic E-state index is 0.172. The molecule has 1 amide bonds. The molecule has 22 heavy (non-hydrogen) atoms. The maximum atomic E-state index is 12.2. The first-order chi connectivity index (χ1) is 10.7. The summed E-state index contributed by atoms with van der Waals surface area (Å²) in [4.78, 5) is 24.2. The van der Waals surface area contributed by atoms with E-state index in [1.165, 1.54) is 11.3 Å². The minimum Gasteiger partial charge on any atom is -0.484 e. The molecule has 7 heteroatoms. The summed E-state index contributed by atoms with van der Waals surface area (Å²) in [6.45, 7) is -0.207. The first-order valence-electron chi connectivity index (χ1n) is 6.41. The molecule has 6 nitrogen and oxygen atoms in total. The lowest BCUT2D eigenvalue weighted by Crippen LogP contribution is -2.34. The predicted molar refractivity (Wildman–Crippen MR) is 81.5 cm³/mol. The second-order valence-corrected chi connectivity index (χ2v) is 5.45.